The molecule has 1 aromatic carbocycles. The highest BCUT2D eigenvalue weighted by atomic mass is 32.2. The van der Waals surface area contributed by atoms with Crippen LogP contribution in [-0.4, -0.2) is 59.8 Å². The van der Waals surface area contributed by atoms with Crippen molar-refractivity contribution < 1.29 is 31.5 Å². The number of alkyl halides is 3. The van der Waals surface area contributed by atoms with Crippen LogP contribution < -0.4 is 0 Å². The van der Waals surface area contributed by atoms with Crippen molar-refractivity contribution in [3.05, 3.63) is 52.0 Å². The lowest BCUT2D eigenvalue weighted by Gasteiger charge is -2.34. The largest absolute Gasteiger partial charge is 0.507 e. The molecule has 3 aromatic rings. The van der Waals surface area contributed by atoms with E-state index >= 15 is 0 Å². The summed E-state index contributed by atoms with van der Waals surface area (Å²) in [4.78, 5) is 18.4. The van der Waals surface area contributed by atoms with E-state index < -0.39 is 21.9 Å². The minimum absolute atomic E-state index is 0.0296. The van der Waals surface area contributed by atoms with Crippen LogP contribution in [0, 0.1) is 13.8 Å². The van der Waals surface area contributed by atoms with Crippen molar-refractivity contribution in [3.8, 4) is 5.75 Å². The third-order valence-corrected chi connectivity index (χ3v) is 8.66. The van der Waals surface area contributed by atoms with Crippen molar-refractivity contribution in [2.24, 2.45) is 0 Å². The highest BCUT2D eigenvalue weighted by Gasteiger charge is 2.35. The molecule has 0 unspecified atom stereocenters. The molecule has 12 heteroatoms. The number of amides is 1. The molecule has 1 aliphatic rings. The molecule has 0 spiro atoms. The lowest BCUT2D eigenvalue weighted by molar-refractivity contribution is -0.140. The standard InChI is InChI=1S/C21H20F3N3O4S2/c1-12-3-5-15(28)16(11-12)33(30,31)27-9-7-26(8-10-27)20(29)18-13(2)14-4-6-17(21(22,23)24)25-19(14)32-18/h3-6,11,28H,7-10H2,1-2H3. The van der Waals surface area contributed by atoms with Crippen molar-refractivity contribution in [1.82, 2.24) is 14.2 Å². The molecule has 0 radical (unpaired) electrons. The SMILES string of the molecule is Cc1ccc(O)c(S(=O)(=O)N2CCN(C(=O)c3sc4nc(C(F)(F)F)ccc4c3C)CC2)c1. The first-order chi connectivity index (χ1) is 15.4. The number of pyridine rings is 1. The summed E-state index contributed by atoms with van der Waals surface area (Å²) in [6.45, 7) is 3.65. The number of halogens is 3. The average Bonchev–Trinajstić information content (AvgIpc) is 3.10. The van der Waals surface area contributed by atoms with Gasteiger partial charge in [-0.05, 0) is 49.2 Å². The smallest absolute Gasteiger partial charge is 0.433 e. The number of hydrogen-bond donors (Lipinski definition) is 1. The molecule has 176 valence electrons. The van der Waals surface area contributed by atoms with Gasteiger partial charge in [0.2, 0.25) is 10.0 Å². The van der Waals surface area contributed by atoms with E-state index in [0.717, 1.165) is 17.4 Å². The fourth-order valence-corrected chi connectivity index (χ4v) is 6.44. The van der Waals surface area contributed by atoms with Gasteiger partial charge in [0.25, 0.3) is 5.91 Å². The van der Waals surface area contributed by atoms with Gasteiger partial charge in [-0.15, -0.1) is 11.3 Å². The van der Waals surface area contributed by atoms with Gasteiger partial charge in [0, 0.05) is 31.6 Å². The zero-order valence-corrected chi connectivity index (χ0v) is 19.3. The maximum Gasteiger partial charge on any atom is 0.433 e. The van der Waals surface area contributed by atoms with Crippen molar-refractivity contribution in [2.45, 2.75) is 24.9 Å². The zero-order chi connectivity index (χ0) is 24.1. The number of phenolic OH excluding ortho intramolecular Hbond substituents is 1. The second-order valence-corrected chi connectivity index (χ2v) is 10.7. The highest BCUT2D eigenvalue weighted by Crippen LogP contribution is 2.35. The number of sulfonamides is 1. The number of aromatic nitrogens is 1. The Morgan fingerprint density at radius 2 is 1.76 bits per heavy atom. The third-order valence-electron chi connectivity index (χ3n) is 5.55. The second kappa shape index (κ2) is 8.26. The summed E-state index contributed by atoms with van der Waals surface area (Å²) >= 11 is 0.895. The predicted octanol–water partition coefficient (Wildman–Crippen LogP) is 3.78. The molecule has 1 N–H and O–H groups in total. The average molecular weight is 500 g/mol. The van der Waals surface area contributed by atoms with Crippen LogP contribution in [0.3, 0.4) is 0 Å². The van der Waals surface area contributed by atoms with Crippen molar-refractivity contribution in [3.63, 3.8) is 0 Å². The van der Waals surface area contributed by atoms with Gasteiger partial charge in [-0.25, -0.2) is 13.4 Å². The zero-order valence-electron chi connectivity index (χ0n) is 17.7. The fourth-order valence-electron chi connectivity index (χ4n) is 3.70. The number of fused-ring (bicyclic) bond motifs is 1. The maximum atomic E-state index is 13.1. The van der Waals surface area contributed by atoms with Crippen molar-refractivity contribution in [2.75, 3.05) is 26.2 Å². The Labute approximate surface area is 192 Å². The van der Waals surface area contributed by atoms with E-state index in [1.54, 1.807) is 19.9 Å². The number of hydrogen-bond acceptors (Lipinski definition) is 6. The van der Waals surface area contributed by atoms with E-state index in [-0.39, 0.29) is 52.4 Å². The van der Waals surface area contributed by atoms with Crippen LogP contribution in [-0.2, 0) is 16.2 Å². The van der Waals surface area contributed by atoms with Gasteiger partial charge in [-0.3, -0.25) is 4.79 Å². The normalized spacial score (nSPS) is 15.8. The van der Waals surface area contributed by atoms with E-state index in [2.05, 4.69) is 4.98 Å². The Kier molecular flexibility index (Phi) is 5.87. The third kappa shape index (κ3) is 4.30. The van der Waals surface area contributed by atoms with Gasteiger partial charge in [-0.1, -0.05) is 6.07 Å². The van der Waals surface area contributed by atoms with Gasteiger partial charge < -0.3 is 10.0 Å². The summed E-state index contributed by atoms with van der Waals surface area (Å²) < 4.78 is 66.0. The first-order valence-corrected chi connectivity index (χ1v) is 12.2. The number of aryl methyl sites for hydroxylation is 2. The summed E-state index contributed by atoms with van der Waals surface area (Å²) in [5.74, 6) is -0.717. The van der Waals surface area contributed by atoms with E-state index in [1.807, 2.05) is 0 Å². The fraction of sp³-hybridized carbons (Fsp3) is 0.333. The Bertz CT molecular complexity index is 1340. The van der Waals surface area contributed by atoms with E-state index in [0.29, 0.717) is 16.5 Å². The van der Waals surface area contributed by atoms with Gasteiger partial charge in [0.1, 0.15) is 21.2 Å². The van der Waals surface area contributed by atoms with Gasteiger partial charge >= 0.3 is 6.18 Å². The topological polar surface area (TPSA) is 90.8 Å². The maximum absolute atomic E-state index is 13.1. The molecule has 1 aliphatic heterocycles. The minimum Gasteiger partial charge on any atom is -0.507 e. The summed E-state index contributed by atoms with van der Waals surface area (Å²) in [6.07, 6.45) is -4.58. The lowest BCUT2D eigenvalue weighted by Crippen LogP contribution is -2.50. The number of rotatable bonds is 3. The molecule has 2 aromatic heterocycles. The predicted molar refractivity (Wildman–Crippen MR) is 117 cm³/mol. The summed E-state index contributed by atoms with van der Waals surface area (Å²) in [7, 11) is -3.94. The van der Waals surface area contributed by atoms with Crippen LogP contribution in [0.1, 0.15) is 26.5 Å². The number of thiophene rings is 1. The molecule has 33 heavy (non-hydrogen) atoms. The number of piperazine rings is 1. The van der Waals surface area contributed by atoms with E-state index in [4.69, 9.17) is 0 Å². The molecule has 3 heterocycles. The Morgan fingerprint density at radius 3 is 2.39 bits per heavy atom. The minimum atomic E-state index is -4.58. The number of carbonyl (C=O) groups excluding carboxylic acids is 1. The molecule has 1 amide bonds. The number of nitrogens with zero attached hydrogens (tertiary/aromatic N) is 3. The molecule has 0 atom stereocenters. The summed E-state index contributed by atoms with van der Waals surface area (Å²) in [5.41, 5.74) is 0.206. The molecular weight excluding hydrogens is 479 g/mol. The van der Waals surface area contributed by atoms with Gasteiger partial charge in [0.15, 0.2) is 0 Å². The molecule has 7 nitrogen and oxygen atoms in total. The molecule has 1 fully saturated rings. The lowest BCUT2D eigenvalue weighted by atomic mass is 10.1. The first-order valence-electron chi connectivity index (χ1n) is 9.96. The van der Waals surface area contributed by atoms with Crippen LogP contribution in [0.2, 0.25) is 0 Å². The van der Waals surface area contributed by atoms with Crippen LogP contribution in [0.15, 0.2) is 35.2 Å². The van der Waals surface area contributed by atoms with E-state index in [1.165, 1.54) is 27.4 Å². The molecular formula is C21H20F3N3O4S2. The Balaban J connectivity index is 1.53. The first kappa shape index (κ1) is 23.5. The van der Waals surface area contributed by atoms with Crippen LogP contribution in [0.4, 0.5) is 13.2 Å². The Morgan fingerprint density at radius 1 is 1.09 bits per heavy atom. The van der Waals surface area contributed by atoms with Crippen molar-refractivity contribution >= 4 is 37.5 Å². The molecule has 0 aliphatic carbocycles. The number of aromatic hydroxyl groups is 1. The Hall–Kier alpha value is -2.70. The monoisotopic (exact) mass is 499 g/mol. The van der Waals surface area contributed by atoms with Crippen LogP contribution in [0.25, 0.3) is 10.2 Å². The summed E-state index contributed by atoms with van der Waals surface area (Å²) in [6, 6.07) is 6.52. The highest BCUT2D eigenvalue weighted by molar-refractivity contribution is 7.89. The van der Waals surface area contributed by atoms with Crippen LogP contribution >= 0.6 is 11.3 Å². The van der Waals surface area contributed by atoms with Crippen molar-refractivity contribution in [1.29, 1.82) is 0 Å². The van der Waals surface area contributed by atoms with E-state index in [9.17, 15) is 31.5 Å². The van der Waals surface area contributed by atoms with Gasteiger partial charge in [0.05, 0.1) is 4.88 Å². The number of carbonyl (C=O) groups is 1. The quantitative estimate of drug-likeness (QED) is 0.592. The van der Waals surface area contributed by atoms with Gasteiger partial charge in [-0.2, -0.15) is 17.5 Å². The number of phenols is 1. The molecule has 1 saturated heterocycles. The molecule has 4 rings (SSSR count). The molecule has 0 bridgehead atoms. The van der Waals surface area contributed by atoms with Crippen LogP contribution in [0.5, 0.6) is 5.75 Å². The second-order valence-electron chi connectivity index (χ2n) is 7.77. The number of benzene rings is 1. The summed E-state index contributed by atoms with van der Waals surface area (Å²) in [5, 5.41) is 10.5. The molecule has 0 saturated carbocycles.